The minimum atomic E-state index is -3.55. The Bertz CT molecular complexity index is 1190. The second-order valence-corrected chi connectivity index (χ2v) is 10.3. The number of hydrogen-bond acceptors (Lipinski definition) is 5. The maximum atomic E-state index is 12.8. The number of sulfonamides is 1. The molecule has 0 radical (unpaired) electrons. The van der Waals surface area contributed by atoms with Gasteiger partial charge in [-0.05, 0) is 62.2 Å². The van der Waals surface area contributed by atoms with Crippen molar-refractivity contribution in [2.75, 3.05) is 36.5 Å². The van der Waals surface area contributed by atoms with Crippen molar-refractivity contribution >= 4 is 33.2 Å². The Balaban J connectivity index is 1.50. The molecule has 1 fully saturated rings. The van der Waals surface area contributed by atoms with Gasteiger partial charge < -0.3 is 15.0 Å². The number of benzene rings is 2. The molecule has 9 heteroatoms. The highest BCUT2D eigenvalue weighted by Gasteiger charge is 2.27. The first-order valence-corrected chi connectivity index (χ1v) is 12.3. The molecule has 0 saturated carbocycles. The molecule has 2 aromatic carbocycles. The number of amides is 2. The number of nitrogens with zero attached hydrogens (tertiary/aromatic N) is 2. The van der Waals surface area contributed by atoms with Crippen LogP contribution in [0.5, 0.6) is 5.75 Å². The topological polar surface area (TPSA) is 96.0 Å². The van der Waals surface area contributed by atoms with Crippen LogP contribution in [0, 0.1) is 0 Å². The SMILES string of the molecule is C=C(C)CN1C(=O)COc2ccc(NC(=O)c3ccc(S(=O)(=O)N4CCCCC4)cc3)cc21. The first-order chi connectivity index (χ1) is 15.8. The molecular formula is C24H27N3O5S. The fourth-order valence-electron chi connectivity index (χ4n) is 3.96. The van der Waals surface area contributed by atoms with E-state index in [1.807, 2.05) is 6.92 Å². The molecular weight excluding hydrogens is 442 g/mol. The zero-order chi connectivity index (χ0) is 23.6. The van der Waals surface area contributed by atoms with E-state index in [0.29, 0.717) is 42.3 Å². The molecule has 4 rings (SSSR count). The molecule has 0 spiro atoms. The van der Waals surface area contributed by atoms with Gasteiger partial charge in [0.2, 0.25) is 10.0 Å². The minimum Gasteiger partial charge on any atom is -0.482 e. The zero-order valence-corrected chi connectivity index (χ0v) is 19.4. The minimum absolute atomic E-state index is 0.0430. The molecule has 1 N–H and O–H groups in total. The van der Waals surface area contributed by atoms with Crippen LogP contribution < -0.4 is 15.0 Å². The van der Waals surface area contributed by atoms with Crippen molar-refractivity contribution in [2.24, 2.45) is 0 Å². The molecule has 0 atom stereocenters. The summed E-state index contributed by atoms with van der Waals surface area (Å²) in [6.07, 6.45) is 2.76. The van der Waals surface area contributed by atoms with E-state index < -0.39 is 10.0 Å². The Hall–Kier alpha value is -3.17. The first kappa shape index (κ1) is 23.0. The van der Waals surface area contributed by atoms with Crippen molar-refractivity contribution in [3.05, 3.63) is 60.2 Å². The lowest BCUT2D eigenvalue weighted by Crippen LogP contribution is -2.39. The molecule has 0 unspecified atom stereocenters. The summed E-state index contributed by atoms with van der Waals surface area (Å²) >= 11 is 0. The lowest BCUT2D eigenvalue weighted by molar-refractivity contribution is -0.121. The van der Waals surface area contributed by atoms with Gasteiger partial charge in [0.05, 0.1) is 10.6 Å². The van der Waals surface area contributed by atoms with Gasteiger partial charge >= 0.3 is 0 Å². The summed E-state index contributed by atoms with van der Waals surface area (Å²) in [4.78, 5) is 26.8. The van der Waals surface area contributed by atoms with Gasteiger partial charge in [-0.3, -0.25) is 9.59 Å². The van der Waals surface area contributed by atoms with Gasteiger partial charge in [0, 0.05) is 30.9 Å². The maximum absolute atomic E-state index is 12.8. The Labute approximate surface area is 193 Å². The summed E-state index contributed by atoms with van der Waals surface area (Å²) in [5, 5.41) is 2.80. The standard InChI is InChI=1S/C24H27N3O5S/c1-17(2)15-27-21-14-19(8-11-22(21)32-16-23(27)28)25-24(29)18-6-9-20(10-7-18)33(30,31)26-12-4-3-5-13-26/h6-11,14H,1,3-5,12-13,15-16H2,2H3,(H,25,29). The molecule has 2 aromatic rings. The molecule has 174 valence electrons. The number of rotatable bonds is 6. The molecule has 1 saturated heterocycles. The highest BCUT2D eigenvalue weighted by atomic mass is 32.2. The van der Waals surface area contributed by atoms with Gasteiger partial charge in [0.15, 0.2) is 6.61 Å². The van der Waals surface area contributed by atoms with Crippen molar-refractivity contribution in [3.63, 3.8) is 0 Å². The number of nitrogens with one attached hydrogen (secondary N) is 1. The predicted octanol–water partition coefficient (Wildman–Crippen LogP) is 3.42. The molecule has 0 aliphatic carbocycles. The van der Waals surface area contributed by atoms with Crippen molar-refractivity contribution in [1.29, 1.82) is 0 Å². The second-order valence-electron chi connectivity index (χ2n) is 8.35. The van der Waals surface area contributed by atoms with Gasteiger partial charge in [-0.1, -0.05) is 18.6 Å². The van der Waals surface area contributed by atoms with E-state index in [-0.39, 0.29) is 23.3 Å². The number of anilines is 2. The number of ether oxygens (including phenoxy) is 1. The van der Waals surface area contributed by atoms with Crippen molar-refractivity contribution in [3.8, 4) is 5.75 Å². The van der Waals surface area contributed by atoms with Gasteiger partial charge in [-0.25, -0.2) is 8.42 Å². The Morgan fingerprint density at radius 3 is 2.45 bits per heavy atom. The third-order valence-electron chi connectivity index (χ3n) is 5.66. The van der Waals surface area contributed by atoms with Crippen LogP contribution in [0.2, 0.25) is 0 Å². The van der Waals surface area contributed by atoms with E-state index >= 15 is 0 Å². The predicted molar refractivity (Wildman–Crippen MR) is 126 cm³/mol. The Morgan fingerprint density at radius 2 is 1.79 bits per heavy atom. The molecule has 0 aromatic heterocycles. The number of carbonyl (C=O) groups excluding carboxylic acids is 2. The van der Waals surface area contributed by atoms with E-state index in [1.54, 1.807) is 23.1 Å². The van der Waals surface area contributed by atoms with Gasteiger partial charge in [-0.2, -0.15) is 4.31 Å². The molecule has 33 heavy (non-hydrogen) atoms. The lowest BCUT2D eigenvalue weighted by Gasteiger charge is -2.30. The molecule has 8 nitrogen and oxygen atoms in total. The normalized spacial score (nSPS) is 16.6. The average Bonchev–Trinajstić information content (AvgIpc) is 2.81. The molecule has 2 aliphatic heterocycles. The van der Waals surface area contributed by atoms with Crippen LogP contribution in [0.25, 0.3) is 0 Å². The first-order valence-electron chi connectivity index (χ1n) is 10.9. The third-order valence-corrected chi connectivity index (χ3v) is 7.57. The van der Waals surface area contributed by atoms with Gasteiger partial charge in [0.1, 0.15) is 5.75 Å². The zero-order valence-electron chi connectivity index (χ0n) is 18.5. The van der Waals surface area contributed by atoms with Crippen LogP contribution in [0.4, 0.5) is 11.4 Å². The van der Waals surface area contributed by atoms with Crippen LogP contribution in [0.3, 0.4) is 0 Å². The molecule has 2 heterocycles. The van der Waals surface area contributed by atoms with Gasteiger partial charge in [-0.15, -0.1) is 0 Å². The number of piperidine rings is 1. The van der Waals surface area contributed by atoms with Crippen LogP contribution in [-0.2, 0) is 14.8 Å². The summed E-state index contributed by atoms with van der Waals surface area (Å²) < 4.78 is 32.6. The summed E-state index contributed by atoms with van der Waals surface area (Å²) in [6.45, 7) is 7.08. The van der Waals surface area contributed by atoms with Crippen LogP contribution in [0.15, 0.2) is 59.5 Å². The summed E-state index contributed by atoms with van der Waals surface area (Å²) in [7, 11) is -3.55. The number of hydrogen-bond donors (Lipinski definition) is 1. The fourth-order valence-corrected chi connectivity index (χ4v) is 5.48. The van der Waals surface area contributed by atoms with Crippen LogP contribution in [0.1, 0.15) is 36.5 Å². The maximum Gasteiger partial charge on any atom is 0.265 e. The summed E-state index contributed by atoms with van der Waals surface area (Å²) in [5.41, 5.74) is 2.21. The smallest absolute Gasteiger partial charge is 0.265 e. The third kappa shape index (κ3) is 4.94. The van der Waals surface area contributed by atoms with E-state index in [9.17, 15) is 18.0 Å². The van der Waals surface area contributed by atoms with E-state index in [0.717, 1.165) is 24.8 Å². The molecule has 0 bridgehead atoms. The largest absolute Gasteiger partial charge is 0.482 e. The monoisotopic (exact) mass is 469 g/mol. The Kier molecular flexibility index (Phi) is 6.53. The van der Waals surface area contributed by atoms with Crippen LogP contribution in [-0.4, -0.2) is 50.8 Å². The van der Waals surface area contributed by atoms with Crippen LogP contribution >= 0.6 is 0 Å². The van der Waals surface area contributed by atoms with E-state index in [1.165, 1.54) is 28.6 Å². The fraction of sp³-hybridized carbons (Fsp3) is 0.333. The lowest BCUT2D eigenvalue weighted by atomic mass is 10.1. The summed E-state index contributed by atoms with van der Waals surface area (Å²) in [5.74, 6) is -0.00743. The van der Waals surface area contributed by atoms with E-state index in [4.69, 9.17) is 4.74 Å². The van der Waals surface area contributed by atoms with Crippen molar-refractivity contribution in [1.82, 2.24) is 4.31 Å². The van der Waals surface area contributed by atoms with Crippen molar-refractivity contribution in [2.45, 2.75) is 31.1 Å². The highest BCUT2D eigenvalue weighted by molar-refractivity contribution is 7.89. The second kappa shape index (κ2) is 9.36. The quantitative estimate of drug-likeness (QED) is 0.654. The Morgan fingerprint density at radius 1 is 1.09 bits per heavy atom. The molecule has 2 aliphatic rings. The average molecular weight is 470 g/mol. The highest BCUT2D eigenvalue weighted by Crippen LogP contribution is 2.35. The number of fused-ring (bicyclic) bond motifs is 1. The molecule has 2 amide bonds. The van der Waals surface area contributed by atoms with Crippen molar-refractivity contribution < 1.29 is 22.7 Å². The summed E-state index contributed by atoms with van der Waals surface area (Å²) in [6, 6.07) is 11.0. The van der Waals surface area contributed by atoms with E-state index in [2.05, 4.69) is 11.9 Å². The number of carbonyl (C=O) groups is 2. The van der Waals surface area contributed by atoms with Gasteiger partial charge in [0.25, 0.3) is 11.8 Å².